The highest BCUT2D eigenvalue weighted by atomic mass is 16.5. The maximum absolute atomic E-state index is 5.63. The highest BCUT2D eigenvalue weighted by Crippen LogP contribution is 2.19. The molecule has 0 saturated heterocycles. The third kappa shape index (κ3) is 3.27. The summed E-state index contributed by atoms with van der Waals surface area (Å²) in [5, 5.41) is 3.92. The molecule has 0 aliphatic heterocycles. The Kier molecular flexibility index (Phi) is 3.93. The van der Waals surface area contributed by atoms with Crippen LogP contribution in [0.4, 0.5) is 0 Å². The van der Waals surface area contributed by atoms with E-state index in [1.807, 2.05) is 54.6 Å². The summed E-state index contributed by atoms with van der Waals surface area (Å²) in [5.74, 6) is 1.75. The Bertz CT molecular complexity index is 710. The molecule has 2 aromatic carbocycles. The van der Waals surface area contributed by atoms with Gasteiger partial charge in [-0.15, -0.1) is 0 Å². The molecule has 3 rings (SSSR count). The Morgan fingerprint density at radius 3 is 2.71 bits per heavy atom. The Labute approximate surface area is 122 Å². The highest BCUT2D eigenvalue weighted by Gasteiger charge is 2.09. The predicted octanol–water partition coefficient (Wildman–Crippen LogP) is 2.77. The molecule has 0 aliphatic carbocycles. The molecule has 2 N–H and O–H groups in total. The second kappa shape index (κ2) is 6.19. The van der Waals surface area contributed by atoms with Crippen LogP contribution < -0.4 is 10.5 Å². The maximum atomic E-state index is 5.63. The number of hydrogen-bond donors (Lipinski definition) is 1. The molecular formula is C16H15N3O2. The fourth-order valence-corrected chi connectivity index (χ4v) is 1.93. The van der Waals surface area contributed by atoms with Gasteiger partial charge in [-0.2, -0.15) is 4.98 Å². The lowest BCUT2D eigenvalue weighted by atomic mass is 10.1. The van der Waals surface area contributed by atoms with Crippen molar-refractivity contribution in [3.63, 3.8) is 0 Å². The monoisotopic (exact) mass is 281 g/mol. The van der Waals surface area contributed by atoms with Crippen molar-refractivity contribution >= 4 is 0 Å². The highest BCUT2D eigenvalue weighted by molar-refractivity contribution is 5.53. The first-order valence-electron chi connectivity index (χ1n) is 6.65. The molecular weight excluding hydrogens is 266 g/mol. The van der Waals surface area contributed by atoms with Crippen LogP contribution in [0.25, 0.3) is 11.5 Å². The fourth-order valence-electron chi connectivity index (χ4n) is 1.93. The normalized spacial score (nSPS) is 10.5. The van der Waals surface area contributed by atoms with Crippen LogP contribution in [0.3, 0.4) is 0 Å². The van der Waals surface area contributed by atoms with Crippen molar-refractivity contribution in [1.82, 2.24) is 10.1 Å². The van der Waals surface area contributed by atoms with Gasteiger partial charge in [0.05, 0.1) is 0 Å². The third-order valence-electron chi connectivity index (χ3n) is 2.99. The van der Waals surface area contributed by atoms with Crippen LogP contribution in [-0.4, -0.2) is 10.1 Å². The topological polar surface area (TPSA) is 74.2 Å². The average molecular weight is 281 g/mol. The fraction of sp³-hybridized carbons (Fsp3) is 0.125. The zero-order valence-corrected chi connectivity index (χ0v) is 11.4. The van der Waals surface area contributed by atoms with Crippen molar-refractivity contribution in [3.05, 3.63) is 66.0 Å². The predicted molar refractivity (Wildman–Crippen MR) is 78.4 cm³/mol. The van der Waals surface area contributed by atoms with Crippen molar-refractivity contribution in [2.45, 2.75) is 13.2 Å². The summed E-state index contributed by atoms with van der Waals surface area (Å²) >= 11 is 0. The van der Waals surface area contributed by atoms with Gasteiger partial charge < -0.3 is 15.0 Å². The SMILES string of the molecule is NCc1cccc(-c2nc(COc3ccccc3)no2)c1. The van der Waals surface area contributed by atoms with Gasteiger partial charge in [0.2, 0.25) is 5.82 Å². The molecule has 5 heteroatoms. The van der Waals surface area contributed by atoms with Gasteiger partial charge in [0.1, 0.15) is 5.75 Å². The number of para-hydroxylation sites is 1. The van der Waals surface area contributed by atoms with Crippen molar-refractivity contribution in [2.24, 2.45) is 5.73 Å². The minimum atomic E-state index is 0.268. The summed E-state index contributed by atoms with van der Waals surface area (Å²) in [6, 6.07) is 17.2. The number of nitrogens with two attached hydrogens (primary N) is 1. The summed E-state index contributed by atoms with van der Waals surface area (Å²) in [5.41, 5.74) is 7.51. The Hall–Kier alpha value is -2.66. The Balaban J connectivity index is 1.71. The second-order valence-electron chi connectivity index (χ2n) is 4.52. The standard InChI is InChI=1S/C16H15N3O2/c17-10-12-5-4-6-13(9-12)16-18-15(19-21-16)11-20-14-7-2-1-3-8-14/h1-9H,10-11,17H2. The quantitative estimate of drug-likeness (QED) is 0.778. The van der Waals surface area contributed by atoms with E-state index in [0.29, 0.717) is 18.3 Å². The van der Waals surface area contributed by atoms with Crippen molar-refractivity contribution in [3.8, 4) is 17.2 Å². The lowest BCUT2D eigenvalue weighted by Crippen LogP contribution is -1.97. The number of nitrogens with zero attached hydrogens (tertiary/aromatic N) is 2. The van der Waals surface area contributed by atoms with E-state index in [4.69, 9.17) is 15.0 Å². The molecule has 0 aliphatic rings. The molecule has 106 valence electrons. The number of hydrogen-bond acceptors (Lipinski definition) is 5. The summed E-state index contributed by atoms with van der Waals surface area (Å²) in [4.78, 5) is 4.33. The van der Waals surface area contributed by atoms with E-state index in [2.05, 4.69) is 10.1 Å². The molecule has 0 atom stereocenters. The van der Waals surface area contributed by atoms with E-state index in [1.165, 1.54) is 0 Å². The molecule has 0 spiro atoms. The van der Waals surface area contributed by atoms with Crippen molar-refractivity contribution in [1.29, 1.82) is 0 Å². The Morgan fingerprint density at radius 2 is 1.90 bits per heavy atom. The first-order chi connectivity index (χ1) is 10.3. The number of rotatable bonds is 5. The van der Waals surface area contributed by atoms with Crippen LogP contribution in [0.2, 0.25) is 0 Å². The summed E-state index contributed by atoms with van der Waals surface area (Å²) in [6.07, 6.45) is 0. The molecule has 0 bridgehead atoms. The van der Waals surface area contributed by atoms with Crippen LogP contribution in [-0.2, 0) is 13.2 Å². The van der Waals surface area contributed by atoms with E-state index in [-0.39, 0.29) is 6.61 Å². The zero-order chi connectivity index (χ0) is 14.5. The molecule has 3 aromatic rings. The summed E-state index contributed by atoms with van der Waals surface area (Å²) in [7, 11) is 0. The van der Waals surface area contributed by atoms with Crippen molar-refractivity contribution in [2.75, 3.05) is 0 Å². The first kappa shape index (κ1) is 13.3. The van der Waals surface area contributed by atoms with Crippen LogP contribution in [0.1, 0.15) is 11.4 Å². The molecule has 21 heavy (non-hydrogen) atoms. The average Bonchev–Trinajstić information content (AvgIpc) is 3.03. The van der Waals surface area contributed by atoms with Gasteiger partial charge in [-0.25, -0.2) is 0 Å². The zero-order valence-electron chi connectivity index (χ0n) is 11.4. The number of aromatic nitrogens is 2. The summed E-state index contributed by atoms with van der Waals surface area (Å²) in [6.45, 7) is 0.746. The third-order valence-corrected chi connectivity index (χ3v) is 2.99. The van der Waals surface area contributed by atoms with Gasteiger partial charge in [0.25, 0.3) is 5.89 Å². The number of ether oxygens (including phenoxy) is 1. The molecule has 0 unspecified atom stereocenters. The summed E-state index contributed by atoms with van der Waals surface area (Å²) < 4.78 is 10.8. The number of benzene rings is 2. The van der Waals surface area contributed by atoms with Crippen molar-refractivity contribution < 1.29 is 9.26 Å². The smallest absolute Gasteiger partial charge is 0.258 e. The van der Waals surface area contributed by atoms with Crippen LogP contribution in [0, 0.1) is 0 Å². The minimum absolute atomic E-state index is 0.268. The van der Waals surface area contributed by atoms with Gasteiger partial charge in [-0.3, -0.25) is 0 Å². The van der Waals surface area contributed by atoms with Gasteiger partial charge in [0.15, 0.2) is 6.61 Å². The van der Waals surface area contributed by atoms with Gasteiger partial charge in [-0.1, -0.05) is 35.5 Å². The second-order valence-corrected chi connectivity index (χ2v) is 4.52. The van der Waals surface area contributed by atoms with E-state index >= 15 is 0 Å². The molecule has 0 amide bonds. The van der Waals surface area contributed by atoms with Crippen LogP contribution in [0.15, 0.2) is 59.1 Å². The lowest BCUT2D eigenvalue weighted by Gasteiger charge is -2.01. The minimum Gasteiger partial charge on any atom is -0.485 e. The maximum Gasteiger partial charge on any atom is 0.258 e. The van der Waals surface area contributed by atoms with E-state index < -0.39 is 0 Å². The van der Waals surface area contributed by atoms with E-state index in [1.54, 1.807) is 0 Å². The van der Waals surface area contributed by atoms with E-state index in [9.17, 15) is 0 Å². The van der Waals surface area contributed by atoms with Gasteiger partial charge in [0, 0.05) is 12.1 Å². The molecule has 5 nitrogen and oxygen atoms in total. The largest absolute Gasteiger partial charge is 0.485 e. The Morgan fingerprint density at radius 1 is 1.05 bits per heavy atom. The van der Waals surface area contributed by atoms with Gasteiger partial charge in [-0.05, 0) is 29.8 Å². The lowest BCUT2D eigenvalue weighted by molar-refractivity contribution is 0.287. The van der Waals surface area contributed by atoms with Gasteiger partial charge >= 0.3 is 0 Å². The molecule has 0 saturated carbocycles. The molecule has 1 heterocycles. The van der Waals surface area contributed by atoms with Crippen LogP contribution in [0.5, 0.6) is 5.75 Å². The van der Waals surface area contributed by atoms with E-state index in [0.717, 1.165) is 16.9 Å². The molecule has 0 radical (unpaired) electrons. The first-order valence-corrected chi connectivity index (χ1v) is 6.65. The van der Waals surface area contributed by atoms with Crippen LogP contribution >= 0.6 is 0 Å². The molecule has 0 fully saturated rings. The molecule has 1 aromatic heterocycles.